The zero-order chi connectivity index (χ0) is 17.5. The van der Waals surface area contributed by atoms with Crippen molar-refractivity contribution in [2.24, 2.45) is 0 Å². The number of benzene rings is 1. The Hall–Kier alpha value is -1.49. The van der Waals surface area contributed by atoms with E-state index in [0.717, 1.165) is 57.7 Å². The number of amides is 2. The maximum atomic E-state index is 13.2. The number of urea groups is 1. The molecule has 1 saturated heterocycles. The minimum absolute atomic E-state index is 0. The number of hydrogen-bond acceptors (Lipinski definition) is 2. The number of unbranched alkanes of at least 4 members (excludes halogenated alkanes) is 1. The van der Waals surface area contributed by atoms with Crippen molar-refractivity contribution < 1.29 is 9.18 Å². The molecule has 1 unspecified atom stereocenters. The number of anilines is 1. The van der Waals surface area contributed by atoms with Crippen LogP contribution in [-0.2, 0) is 0 Å². The van der Waals surface area contributed by atoms with Crippen molar-refractivity contribution in [2.75, 3.05) is 37.6 Å². The van der Waals surface area contributed by atoms with Crippen LogP contribution in [0.2, 0.25) is 0 Å². The highest BCUT2D eigenvalue weighted by Crippen LogP contribution is 2.23. The SMILES string of the molecule is CCCCC1CN(c2ccc(F)cc2)CCN1C(=O)N(CC)CC.Cl. The first kappa shape index (κ1) is 21.6. The second-order valence-corrected chi connectivity index (χ2v) is 6.37. The summed E-state index contributed by atoms with van der Waals surface area (Å²) in [5.41, 5.74) is 1.04. The summed E-state index contributed by atoms with van der Waals surface area (Å²) in [5, 5.41) is 0. The Kier molecular flexibility index (Phi) is 9.04. The van der Waals surface area contributed by atoms with E-state index in [4.69, 9.17) is 0 Å². The average molecular weight is 372 g/mol. The van der Waals surface area contributed by atoms with Crippen LogP contribution in [0.1, 0.15) is 40.0 Å². The number of halogens is 2. The lowest BCUT2D eigenvalue weighted by atomic mass is 10.0. The molecule has 0 radical (unpaired) electrons. The highest BCUT2D eigenvalue weighted by atomic mass is 35.5. The molecular formula is C19H31ClFN3O. The van der Waals surface area contributed by atoms with Crippen molar-refractivity contribution >= 4 is 24.1 Å². The molecule has 4 nitrogen and oxygen atoms in total. The van der Waals surface area contributed by atoms with Gasteiger partial charge < -0.3 is 14.7 Å². The van der Waals surface area contributed by atoms with Gasteiger partial charge in [0.1, 0.15) is 5.82 Å². The topological polar surface area (TPSA) is 26.8 Å². The fourth-order valence-electron chi connectivity index (χ4n) is 3.36. The zero-order valence-corrected chi connectivity index (χ0v) is 16.4. The molecule has 2 rings (SSSR count). The summed E-state index contributed by atoms with van der Waals surface area (Å²) in [6, 6.07) is 7.03. The Balaban J connectivity index is 0.00000312. The van der Waals surface area contributed by atoms with E-state index in [2.05, 4.69) is 11.8 Å². The Morgan fingerprint density at radius 1 is 1.16 bits per heavy atom. The van der Waals surface area contributed by atoms with E-state index < -0.39 is 0 Å². The highest BCUT2D eigenvalue weighted by molar-refractivity contribution is 5.85. The molecule has 1 aromatic rings. The molecule has 1 fully saturated rings. The van der Waals surface area contributed by atoms with Crippen LogP contribution >= 0.6 is 12.4 Å². The molecular weight excluding hydrogens is 341 g/mol. The molecule has 0 spiro atoms. The van der Waals surface area contributed by atoms with Gasteiger partial charge in [0.25, 0.3) is 0 Å². The number of rotatable bonds is 6. The van der Waals surface area contributed by atoms with Crippen LogP contribution < -0.4 is 4.90 Å². The number of hydrogen-bond donors (Lipinski definition) is 0. The number of piperazine rings is 1. The summed E-state index contributed by atoms with van der Waals surface area (Å²) in [6.07, 6.45) is 3.26. The number of carbonyl (C=O) groups is 1. The minimum atomic E-state index is -0.211. The minimum Gasteiger partial charge on any atom is -0.368 e. The van der Waals surface area contributed by atoms with Crippen molar-refractivity contribution in [3.8, 4) is 0 Å². The van der Waals surface area contributed by atoms with Gasteiger partial charge in [-0.15, -0.1) is 12.4 Å². The molecule has 0 saturated carbocycles. The fraction of sp³-hybridized carbons (Fsp3) is 0.632. The quantitative estimate of drug-likeness (QED) is 0.741. The van der Waals surface area contributed by atoms with Crippen LogP contribution in [0.5, 0.6) is 0 Å². The molecule has 1 aliphatic rings. The lowest BCUT2D eigenvalue weighted by molar-refractivity contribution is 0.126. The van der Waals surface area contributed by atoms with Gasteiger partial charge >= 0.3 is 6.03 Å². The maximum absolute atomic E-state index is 13.2. The first-order valence-corrected chi connectivity index (χ1v) is 9.16. The molecule has 1 aromatic carbocycles. The largest absolute Gasteiger partial charge is 0.368 e. The summed E-state index contributed by atoms with van der Waals surface area (Å²) >= 11 is 0. The Morgan fingerprint density at radius 3 is 2.36 bits per heavy atom. The first-order valence-electron chi connectivity index (χ1n) is 9.16. The third kappa shape index (κ3) is 5.50. The van der Waals surface area contributed by atoms with Crippen molar-refractivity contribution in [1.82, 2.24) is 9.80 Å². The normalized spacial score (nSPS) is 17.2. The van der Waals surface area contributed by atoms with Crippen LogP contribution in [0.4, 0.5) is 14.9 Å². The van der Waals surface area contributed by atoms with E-state index in [1.54, 1.807) is 0 Å². The second kappa shape index (κ2) is 10.5. The van der Waals surface area contributed by atoms with E-state index >= 15 is 0 Å². The van der Waals surface area contributed by atoms with Crippen LogP contribution in [-0.4, -0.2) is 54.6 Å². The summed E-state index contributed by atoms with van der Waals surface area (Å²) in [5.74, 6) is -0.211. The van der Waals surface area contributed by atoms with E-state index in [-0.39, 0.29) is 30.3 Å². The van der Waals surface area contributed by atoms with Crippen LogP contribution in [0, 0.1) is 5.82 Å². The molecule has 0 N–H and O–H groups in total. The maximum Gasteiger partial charge on any atom is 0.320 e. The second-order valence-electron chi connectivity index (χ2n) is 6.37. The molecule has 2 amide bonds. The summed E-state index contributed by atoms with van der Waals surface area (Å²) < 4.78 is 13.2. The molecule has 1 heterocycles. The predicted octanol–water partition coefficient (Wildman–Crippen LogP) is 4.39. The van der Waals surface area contributed by atoms with E-state index in [1.165, 1.54) is 12.1 Å². The molecule has 1 atom stereocenters. The Morgan fingerprint density at radius 2 is 1.80 bits per heavy atom. The Labute approximate surface area is 157 Å². The van der Waals surface area contributed by atoms with Crippen molar-refractivity contribution in [2.45, 2.75) is 46.1 Å². The number of carbonyl (C=O) groups excluding carboxylic acids is 1. The van der Waals surface area contributed by atoms with Gasteiger partial charge in [-0.2, -0.15) is 0 Å². The van der Waals surface area contributed by atoms with E-state index in [9.17, 15) is 9.18 Å². The smallest absolute Gasteiger partial charge is 0.320 e. The zero-order valence-electron chi connectivity index (χ0n) is 15.6. The van der Waals surface area contributed by atoms with E-state index in [1.807, 2.05) is 35.8 Å². The molecule has 0 aliphatic carbocycles. The lowest BCUT2D eigenvalue weighted by Crippen LogP contribution is -2.58. The predicted molar refractivity (Wildman–Crippen MR) is 104 cm³/mol. The molecule has 0 aromatic heterocycles. The van der Waals surface area contributed by atoms with Gasteiger partial charge in [-0.05, 0) is 44.5 Å². The first-order chi connectivity index (χ1) is 11.6. The van der Waals surface area contributed by atoms with Gasteiger partial charge in [0.15, 0.2) is 0 Å². The highest BCUT2D eigenvalue weighted by Gasteiger charge is 2.31. The van der Waals surface area contributed by atoms with Gasteiger partial charge in [0.2, 0.25) is 0 Å². The third-order valence-corrected chi connectivity index (χ3v) is 4.85. The van der Waals surface area contributed by atoms with Crippen molar-refractivity contribution in [3.63, 3.8) is 0 Å². The van der Waals surface area contributed by atoms with Crippen LogP contribution in [0.25, 0.3) is 0 Å². The van der Waals surface area contributed by atoms with Gasteiger partial charge in [0, 0.05) is 38.4 Å². The van der Waals surface area contributed by atoms with Gasteiger partial charge in [-0.25, -0.2) is 9.18 Å². The van der Waals surface area contributed by atoms with E-state index in [0.29, 0.717) is 0 Å². The van der Waals surface area contributed by atoms with Crippen LogP contribution in [0.3, 0.4) is 0 Å². The van der Waals surface area contributed by atoms with Gasteiger partial charge in [0.05, 0.1) is 6.04 Å². The lowest BCUT2D eigenvalue weighted by Gasteiger charge is -2.44. The van der Waals surface area contributed by atoms with Crippen LogP contribution in [0.15, 0.2) is 24.3 Å². The molecule has 0 bridgehead atoms. The average Bonchev–Trinajstić information content (AvgIpc) is 2.61. The molecule has 1 aliphatic heterocycles. The molecule has 6 heteroatoms. The molecule has 142 valence electrons. The van der Waals surface area contributed by atoms with Crippen molar-refractivity contribution in [1.29, 1.82) is 0 Å². The van der Waals surface area contributed by atoms with Crippen molar-refractivity contribution in [3.05, 3.63) is 30.1 Å². The summed E-state index contributed by atoms with van der Waals surface area (Å²) in [4.78, 5) is 19.0. The standard InChI is InChI=1S/C19H30FN3O.ClH/c1-4-7-8-18-15-22(17-11-9-16(20)10-12-17)13-14-23(18)19(24)21(5-2)6-3;/h9-12,18H,4-8,13-15H2,1-3H3;1H. The summed E-state index contributed by atoms with van der Waals surface area (Å²) in [6.45, 7) is 10.1. The fourth-order valence-corrected chi connectivity index (χ4v) is 3.36. The van der Waals surface area contributed by atoms with Gasteiger partial charge in [-0.3, -0.25) is 0 Å². The molecule has 25 heavy (non-hydrogen) atoms. The van der Waals surface area contributed by atoms with Gasteiger partial charge in [-0.1, -0.05) is 19.8 Å². The summed E-state index contributed by atoms with van der Waals surface area (Å²) in [7, 11) is 0. The third-order valence-electron chi connectivity index (χ3n) is 4.85. The Bertz CT molecular complexity index is 522. The number of nitrogens with zero attached hydrogens (tertiary/aromatic N) is 3. The monoisotopic (exact) mass is 371 g/mol.